The first-order valence-corrected chi connectivity index (χ1v) is 6.02. The molecule has 0 saturated carbocycles. The molecule has 0 bridgehead atoms. The smallest absolute Gasteiger partial charge is 0.195 e. The van der Waals surface area contributed by atoms with Gasteiger partial charge >= 0.3 is 0 Å². The van der Waals surface area contributed by atoms with Gasteiger partial charge in [-0.15, -0.1) is 0 Å². The van der Waals surface area contributed by atoms with Crippen LogP contribution in [0, 0.1) is 17.5 Å². The van der Waals surface area contributed by atoms with E-state index in [0.29, 0.717) is 5.30 Å². The minimum absolute atomic E-state index is 0.0394. The van der Waals surface area contributed by atoms with E-state index in [9.17, 15) is 18.3 Å². The molecular formula is C11H8F3OP. The highest BCUT2D eigenvalue weighted by Gasteiger charge is 2.16. The lowest BCUT2D eigenvalue weighted by atomic mass is 10.1. The van der Waals surface area contributed by atoms with E-state index >= 15 is 0 Å². The Morgan fingerprint density at radius 3 is 2.38 bits per heavy atom. The molecule has 0 radical (unpaired) electrons. The van der Waals surface area contributed by atoms with Crippen molar-refractivity contribution in [2.45, 2.75) is 0 Å². The standard InChI is InChI=1S/C11H8F3OP/c1-16-8-4-6(15)2-5-3-7(12)10(13)11(14)9(5)8/h2-4,15-16H,1H3. The molecule has 0 aliphatic carbocycles. The number of hydrogen-bond acceptors (Lipinski definition) is 1. The Kier molecular flexibility index (Phi) is 2.76. The summed E-state index contributed by atoms with van der Waals surface area (Å²) >= 11 is 0. The van der Waals surface area contributed by atoms with Crippen molar-refractivity contribution in [1.29, 1.82) is 0 Å². The normalized spacial score (nSPS) is 11.8. The summed E-state index contributed by atoms with van der Waals surface area (Å²) in [7, 11) is 0.181. The monoisotopic (exact) mass is 244 g/mol. The summed E-state index contributed by atoms with van der Waals surface area (Å²) in [6, 6.07) is 3.46. The van der Waals surface area contributed by atoms with Crippen LogP contribution in [0.15, 0.2) is 18.2 Å². The van der Waals surface area contributed by atoms with Crippen LogP contribution < -0.4 is 5.30 Å². The molecule has 0 spiro atoms. The number of fused-ring (bicyclic) bond motifs is 1. The SMILES string of the molecule is CPc1cc(O)cc2cc(F)c(F)c(F)c12. The molecule has 0 aliphatic heterocycles. The van der Waals surface area contributed by atoms with Crippen LogP contribution in [0.4, 0.5) is 13.2 Å². The van der Waals surface area contributed by atoms with E-state index in [1.54, 1.807) is 6.66 Å². The van der Waals surface area contributed by atoms with Gasteiger partial charge in [-0.1, -0.05) is 8.58 Å². The lowest BCUT2D eigenvalue weighted by molar-refractivity contribution is 0.453. The molecule has 0 fully saturated rings. The van der Waals surface area contributed by atoms with Crippen molar-refractivity contribution in [3.05, 3.63) is 35.7 Å². The summed E-state index contributed by atoms with van der Waals surface area (Å²) in [5, 5.41) is 10.0. The van der Waals surface area contributed by atoms with Gasteiger partial charge in [-0.2, -0.15) is 0 Å². The van der Waals surface area contributed by atoms with Crippen LogP contribution in [-0.4, -0.2) is 11.8 Å². The van der Waals surface area contributed by atoms with E-state index in [4.69, 9.17) is 0 Å². The molecule has 2 aromatic carbocycles. The van der Waals surface area contributed by atoms with Crippen molar-refractivity contribution >= 4 is 24.7 Å². The van der Waals surface area contributed by atoms with E-state index in [0.717, 1.165) is 6.07 Å². The van der Waals surface area contributed by atoms with Crippen LogP contribution >= 0.6 is 8.58 Å². The maximum Gasteiger partial charge on any atom is 0.195 e. The van der Waals surface area contributed by atoms with Crippen LogP contribution in [0.25, 0.3) is 10.8 Å². The van der Waals surface area contributed by atoms with Crippen molar-refractivity contribution in [1.82, 2.24) is 0 Å². The van der Waals surface area contributed by atoms with Crippen molar-refractivity contribution in [2.24, 2.45) is 0 Å². The molecule has 5 heteroatoms. The summed E-state index contributed by atoms with van der Waals surface area (Å²) in [4.78, 5) is 0. The quantitative estimate of drug-likeness (QED) is 0.604. The Hall–Kier alpha value is -1.28. The fourth-order valence-corrected chi connectivity index (χ4v) is 2.42. The fraction of sp³-hybridized carbons (Fsp3) is 0.0909. The Bertz CT molecular complexity index is 569. The highest BCUT2D eigenvalue weighted by atomic mass is 31.1. The minimum Gasteiger partial charge on any atom is -0.508 e. The summed E-state index contributed by atoms with van der Waals surface area (Å²) in [6.45, 7) is 1.77. The molecule has 1 nitrogen and oxygen atoms in total. The van der Waals surface area contributed by atoms with Crippen LogP contribution in [0.3, 0.4) is 0 Å². The molecule has 0 saturated heterocycles. The summed E-state index contributed by atoms with van der Waals surface area (Å²) in [5.74, 6) is -4.00. The number of benzene rings is 2. The van der Waals surface area contributed by atoms with Crippen LogP contribution in [0.5, 0.6) is 5.75 Å². The van der Waals surface area contributed by atoms with Gasteiger partial charge in [-0.05, 0) is 35.6 Å². The van der Waals surface area contributed by atoms with Gasteiger partial charge in [0.1, 0.15) is 5.75 Å². The van der Waals surface area contributed by atoms with Gasteiger partial charge in [0.05, 0.1) is 0 Å². The first-order valence-electron chi connectivity index (χ1n) is 4.52. The molecule has 1 unspecified atom stereocenters. The second-order valence-corrected chi connectivity index (χ2v) is 4.37. The van der Waals surface area contributed by atoms with Crippen molar-refractivity contribution < 1.29 is 18.3 Å². The van der Waals surface area contributed by atoms with Crippen LogP contribution in [0.2, 0.25) is 0 Å². The Balaban J connectivity index is 2.95. The van der Waals surface area contributed by atoms with Crippen molar-refractivity contribution in [2.75, 3.05) is 6.66 Å². The Labute approximate surface area is 91.7 Å². The number of phenolic OH excluding ortho intramolecular Hbond substituents is 1. The lowest BCUT2D eigenvalue weighted by Gasteiger charge is -2.08. The maximum absolute atomic E-state index is 13.5. The Morgan fingerprint density at radius 2 is 1.75 bits per heavy atom. The molecule has 0 aromatic heterocycles. The molecule has 16 heavy (non-hydrogen) atoms. The maximum atomic E-state index is 13.5. The average Bonchev–Trinajstić information content (AvgIpc) is 2.24. The number of hydrogen-bond donors (Lipinski definition) is 1. The molecule has 1 N–H and O–H groups in total. The highest BCUT2D eigenvalue weighted by molar-refractivity contribution is 7.47. The molecule has 2 aromatic rings. The Morgan fingerprint density at radius 1 is 1.06 bits per heavy atom. The predicted octanol–water partition coefficient (Wildman–Crippen LogP) is 2.90. The van der Waals surface area contributed by atoms with E-state index in [1.165, 1.54) is 12.1 Å². The summed E-state index contributed by atoms with van der Waals surface area (Å²) in [5.41, 5.74) is 0. The van der Waals surface area contributed by atoms with E-state index in [1.807, 2.05) is 0 Å². The summed E-state index contributed by atoms with van der Waals surface area (Å²) in [6.07, 6.45) is 0. The number of rotatable bonds is 1. The van der Waals surface area contributed by atoms with Crippen LogP contribution in [-0.2, 0) is 0 Å². The zero-order valence-corrected chi connectivity index (χ0v) is 9.31. The second kappa shape index (κ2) is 3.95. The molecule has 0 aliphatic rings. The molecule has 0 amide bonds. The average molecular weight is 244 g/mol. The van der Waals surface area contributed by atoms with Gasteiger partial charge in [0.25, 0.3) is 0 Å². The van der Waals surface area contributed by atoms with Gasteiger partial charge in [0.2, 0.25) is 0 Å². The molecule has 1 atom stereocenters. The third kappa shape index (κ3) is 1.63. The third-order valence-corrected chi connectivity index (χ3v) is 3.26. The van der Waals surface area contributed by atoms with Gasteiger partial charge in [0, 0.05) is 5.39 Å². The first-order chi connectivity index (χ1) is 7.54. The molecule has 0 heterocycles. The number of aromatic hydroxyl groups is 1. The van der Waals surface area contributed by atoms with Gasteiger partial charge < -0.3 is 5.11 Å². The number of halogens is 3. The zero-order valence-electron chi connectivity index (χ0n) is 8.31. The van der Waals surface area contributed by atoms with Crippen LogP contribution in [0.1, 0.15) is 0 Å². The second-order valence-electron chi connectivity index (χ2n) is 3.33. The first kappa shape index (κ1) is 11.2. The molecular weight excluding hydrogens is 236 g/mol. The van der Waals surface area contributed by atoms with Gasteiger partial charge in [-0.25, -0.2) is 13.2 Å². The van der Waals surface area contributed by atoms with E-state index < -0.39 is 17.5 Å². The van der Waals surface area contributed by atoms with E-state index in [-0.39, 0.29) is 25.1 Å². The highest BCUT2D eigenvalue weighted by Crippen LogP contribution is 2.28. The fourth-order valence-electron chi connectivity index (χ4n) is 1.62. The zero-order chi connectivity index (χ0) is 11.9. The molecule has 84 valence electrons. The minimum atomic E-state index is -1.47. The van der Waals surface area contributed by atoms with Gasteiger partial charge in [-0.3, -0.25) is 0 Å². The lowest BCUT2D eigenvalue weighted by Crippen LogP contribution is -2.02. The molecule has 2 rings (SSSR count). The van der Waals surface area contributed by atoms with Crippen molar-refractivity contribution in [3.63, 3.8) is 0 Å². The largest absolute Gasteiger partial charge is 0.508 e. The predicted molar refractivity (Wildman–Crippen MR) is 59.4 cm³/mol. The van der Waals surface area contributed by atoms with Crippen molar-refractivity contribution in [3.8, 4) is 5.75 Å². The number of phenols is 1. The van der Waals surface area contributed by atoms with E-state index in [2.05, 4.69) is 0 Å². The summed E-state index contributed by atoms with van der Waals surface area (Å²) < 4.78 is 39.6. The van der Waals surface area contributed by atoms with Gasteiger partial charge in [0.15, 0.2) is 17.5 Å². The third-order valence-electron chi connectivity index (χ3n) is 2.33. The topological polar surface area (TPSA) is 20.2 Å².